The van der Waals surface area contributed by atoms with Crippen LogP contribution in [0.15, 0.2) is 35.5 Å². The van der Waals surface area contributed by atoms with Gasteiger partial charge in [0, 0.05) is 32.6 Å². The Morgan fingerprint density at radius 3 is 2.50 bits per heavy atom. The van der Waals surface area contributed by atoms with E-state index in [9.17, 15) is 4.79 Å². The molecule has 6 nitrogen and oxygen atoms in total. The van der Waals surface area contributed by atoms with Gasteiger partial charge in [0.25, 0.3) is 5.91 Å². The van der Waals surface area contributed by atoms with Crippen LogP contribution in [-0.2, 0) is 6.42 Å². The van der Waals surface area contributed by atoms with E-state index in [0.717, 1.165) is 50.1 Å². The number of fused-ring (bicyclic) bond motifs is 1. The molecule has 0 saturated carbocycles. The molecule has 7 heteroatoms. The maximum Gasteiger partial charge on any atom is 0.264 e. The van der Waals surface area contributed by atoms with Crippen molar-refractivity contribution in [3.63, 3.8) is 0 Å². The predicted molar refractivity (Wildman–Crippen MR) is 103 cm³/mol. The Morgan fingerprint density at radius 1 is 1.15 bits per heavy atom. The molecule has 2 aromatic rings. The van der Waals surface area contributed by atoms with Crippen LogP contribution in [-0.4, -0.2) is 68.4 Å². The zero-order valence-corrected chi connectivity index (χ0v) is 16.2. The summed E-state index contributed by atoms with van der Waals surface area (Å²) in [6.07, 6.45) is 0.750. The first-order valence-corrected chi connectivity index (χ1v) is 10.3. The number of rotatable bonds is 5. The Morgan fingerprint density at radius 2 is 1.88 bits per heavy atom. The van der Waals surface area contributed by atoms with Crippen molar-refractivity contribution in [2.45, 2.75) is 36.7 Å². The van der Waals surface area contributed by atoms with Crippen molar-refractivity contribution in [3.05, 3.63) is 41.7 Å². The second-order valence-electron chi connectivity index (χ2n) is 6.78. The van der Waals surface area contributed by atoms with Crippen LogP contribution in [0.1, 0.15) is 36.1 Å². The van der Waals surface area contributed by atoms with Gasteiger partial charge in [0.05, 0.1) is 6.04 Å². The van der Waals surface area contributed by atoms with Crippen molar-refractivity contribution in [2.24, 2.45) is 0 Å². The largest absolute Gasteiger partial charge is 0.301 e. The molecule has 1 saturated heterocycles. The van der Waals surface area contributed by atoms with Crippen molar-refractivity contribution in [3.8, 4) is 0 Å². The van der Waals surface area contributed by atoms with Gasteiger partial charge in [-0.05, 0) is 12.1 Å². The quantitative estimate of drug-likeness (QED) is 0.804. The summed E-state index contributed by atoms with van der Waals surface area (Å²) in [6, 6.07) is 10.5. The number of benzene rings is 1. The number of nitrogens with zero attached hydrogens (tertiary/aromatic N) is 5. The number of carbonyl (C=O) groups excluding carboxylic acids is 1. The van der Waals surface area contributed by atoms with Crippen molar-refractivity contribution in [2.75, 3.05) is 32.7 Å². The van der Waals surface area contributed by atoms with E-state index in [-0.39, 0.29) is 17.2 Å². The van der Waals surface area contributed by atoms with Crippen LogP contribution in [0.5, 0.6) is 0 Å². The van der Waals surface area contributed by atoms with Gasteiger partial charge in [0.1, 0.15) is 5.25 Å². The van der Waals surface area contributed by atoms with E-state index in [0.29, 0.717) is 0 Å². The second kappa shape index (κ2) is 7.50. The standard InChI is InChI=1S/C19H25N5OS/c1-3-15-20-19-24(21-15)18(25)17(26-19)16(14-8-6-5-7-9-14)23-12-10-22(4-2)11-13-23/h5-9,16-17H,3-4,10-13H2,1-2H3. The summed E-state index contributed by atoms with van der Waals surface area (Å²) in [5, 5.41) is 4.95. The highest BCUT2D eigenvalue weighted by Gasteiger charge is 2.43. The third-order valence-corrected chi connectivity index (χ3v) is 6.49. The van der Waals surface area contributed by atoms with Gasteiger partial charge in [0.2, 0.25) is 0 Å². The lowest BCUT2D eigenvalue weighted by atomic mass is 10.00. The molecule has 0 N–H and O–H groups in total. The summed E-state index contributed by atoms with van der Waals surface area (Å²) in [7, 11) is 0. The van der Waals surface area contributed by atoms with E-state index in [1.54, 1.807) is 11.8 Å². The minimum Gasteiger partial charge on any atom is -0.301 e. The van der Waals surface area contributed by atoms with E-state index < -0.39 is 0 Å². The molecular formula is C19H25N5OS. The van der Waals surface area contributed by atoms with Crippen molar-refractivity contribution < 1.29 is 4.79 Å². The highest BCUT2D eigenvalue weighted by molar-refractivity contribution is 8.00. The first-order chi connectivity index (χ1) is 12.7. The van der Waals surface area contributed by atoms with Crippen LogP contribution in [0.3, 0.4) is 0 Å². The normalized spacial score (nSPS) is 22.5. The Bertz CT molecular complexity index is 769. The summed E-state index contributed by atoms with van der Waals surface area (Å²) in [6.45, 7) is 9.36. The summed E-state index contributed by atoms with van der Waals surface area (Å²) >= 11 is 1.57. The average Bonchev–Trinajstić information content (AvgIpc) is 3.23. The molecule has 0 aliphatic carbocycles. The molecule has 2 atom stereocenters. The Balaban J connectivity index is 1.62. The van der Waals surface area contributed by atoms with E-state index in [1.807, 2.05) is 13.0 Å². The Labute approximate surface area is 158 Å². The molecule has 2 unspecified atom stereocenters. The lowest BCUT2D eigenvalue weighted by Gasteiger charge is -2.40. The molecule has 1 aromatic carbocycles. The monoisotopic (exact) mass is 371 g/mol. The van der Waals surface area contributed by atoms with Gasteiger partial charge in [-0.25, -0.2) is 4.98 Å². The molecule has 1 aromatic heterocycles. The third kappa shape index (κ3) is 3.19. The van der Waals surface area contributed by atoms with E-state index in [2.05, 4.69) is 51.1 Å². The smallest absolute Gasteiger partial charge is 0.264 e. The van der Waals surface area contributed by atoms with Gasteiger partial charge >= 0.3 is 0 Å². The SMILES string of the molecule is CCc1nc2n(n1)C(=O)C(C(c1ccccc1)N1CCN(CC)CC1)S2. The highest BCUT2D eigenvalue weighted by Crippen LogP contribution is 2.41. The minimum atomic E-state index is -0.188. The molecule has 4 rings (SSSR count). The van der Waals surface area contributed by atoms with Gasteiger partial charge in [-0.15, -0.1) is 5.10 Å². The zero-order valence-electron chi connectivity index (χ0n) is 15.3. The van der Waals surface area contributed by atoms with Crippen LogP contribution in [0.2, 0.25) is 0 Å². The van der Waals surface area contributed by atoms with E-state index in [4.69, 9.17) is 0 Å². The number of thioether (sulfide) groups is 1. The van der Waals surface area contributed by atoms with E-state index in [1.165, 1.54) is 10.2 Å². The van der Waals surface area contributed by atoms with Crippen LogP contribution in [0.25, 0.3) is 0 Å². The maximum absolute atomic E-state index is 13.1. The zero-order chi connectivity index (χ0) is 18.1. The van der Waals surface area contributed by atoms with Gasteiger partial charge in [0.15, 0.2) is 11.0 Å². The summed E-state index contributed by atoms with van der Waals surface area (Å²) in [5.74, 6) is 0.802. The Kier molecular flexibility index (Phi) is 5.11. The Hall–Kier alpha value is -1.70. The molecule has 138 valence electrons. The number of carbonyl (C=O) groups is 1. The van der Waals surface area contributed by atoms with Gasteiger partial charge < -0.3 is 4.90 Å². The summed E-state index contributed by atoms with van der Waals surface area (Å²) < 4.78 is 1.52. The summed E-state index contributed by atoms with van der Waals surface area (Å²) in [4.78, 5) is 22.6. The topological polar surface area (TPSA) is 54.3 Å². The van der Waals surface area contributed by atoms with Crippen LogP contribution in [0.4, 0.5) is 0 Å². The molecule has 2 aliphatic rings. The molecule has 26 heavy (non-hydrogen) atoms. The van der Waals surface area contributed by atoms with Crippen LogP contribution >= 0.6 is 11.8 Å². The number of hydrogen-bond donors (Lipinski definition) is 0. The van der Waals surface area contributed by atoms with Crippen molar-refractivity contribution in [1.82, 2.24) is 24.6 Å². The molecule has 1 fully saturated rings. The number of aromatic nitrogens is 3. The van der Waals surface area contributed by atoms with Gasteiger partial charge in [-0.2, -0.15) is 4.68 Å². The van der Waals surface area contributed by atoms with Crippen molar-refractivity contribution in [1.29, 1.82) is 0 Å². The molecule has 0 amide bonds. The molecule has 2 aliphatic heterocycles. The number of likely N-dealkylation sites (N-methyl/N-ethyl adjacent to an activating group) is 1. The molecule has 0 radical (unpaired) electrons. The lowest BCUT2D eigenvalue weighted by Crippen LogP contribution is -2.50. The third-order valence-electron chi connectivity index (χ3n) is 5.30. The van der Waals surface area contributed by atoms with Crippen LogP contribution in [0, 0.1) is 0 Å². The summed E-state index contributed by atoms with van der Waals surface area (Å²) in [5.41, 5.74) is 1.20. The molecule has 0 spiro atoms. The highest BCUT2D eigenvalue weighted by atomic mass is 32.2. The fraction of sp³-hybridized carbons (Fsp3) is 0.526. The van der Waals surface area contributed by atoms with Gasteiger partial charge in [-0.1, -0.05) is 55.9 Å². The molecule has 3 heterocycles. The molecular weight excluding hydrogens is 346 g/mol. The predicted octanol–water partition coefficient (Wildman–Crippen LogP) is 2.33. The van der Waals surface area contributed by atoms with E-state index >= 15 is 0 Å². The fourth-order valence-electron chi connectivity index (χ4n) is 3.78. The van der Waals surface area contributed by atoms with Gasteiger partial charge in [-0.3, -0.25) is 9.69 Å². The first-order valence-electron chi connectivity index (χ1n) is 9.39. The average molecular weight is 372 g/mol. The fourth-order valence-corrected chi connectivity index (χ4v) is 5.05. The number of aryl methyl sites for hydroxylation is 1. The molecule has 0 bridgehead atoms. The second-order valence-corrected chi connectivity index (χ2v) is 7.89. The lowest BCUT2D eigenvalue weighted by molar-refractivity contribution is 0.0739. The van der Waals surface area contributed by atoms with Crippen molar-refractivity contribution >= 4 is 17.7 Å². The number of hydrogen-bond acceptors (Lipinski definition) is 6. The van der Waals surface area contributed by atoms with Crippen LogP contribution < -0.4 is 0 Å². The first kappa shape index (κ1) is 17.7. The number of piperazine rings is 1. The maximum atomic E-state index is 13.1. The minimum absolute atomic E-state index is 0.0567.